The van der Waals surface area contributed by atoms with Gasteiger partial charge in [0.15, 0.2) is 5.76 Å². The largest absolute Gasteiger partial charge is 0.461 e. The number of ketones is 1. The minimum atomic E-state index is -0.181. The zero-order chi connectivity index (χ0) is 11.5. The Kier molecular flexibility index (Phi) is 8.44. The molecule has 0 unspecified atom stereocenters. The average molecular weight is 208 g/mol. The predicted molar refractivity (Wildman–Crippen MR) is 63.1 cm³/mol. The number of hydrogen-bond donors (Lipinski definition) is 0. The summed E-state index contributed by atoms with van der Waals surface area (Å²) in [7, 11) is 0. The molecule has 2 nitrogen and oxygen atoms in total. The molecule has 0 atom stereocenters. The van der Waals surface area contributed by atoms with Gasteiger partial charge in [0.25, 0.3) is 0 Å². The van der Waals surface area contributed by atoms with Crippen LogP contribution in [0.5, 0.6) is 0 Å². The monoisotopic (exact) mass is 208 g/mol. The Morgan fingerprint density at radius 3 is 2.33 bits per heavy atom. The van der Waals surface area contributed by atoms with Gasteiger partial charge in [0.05, 0.1) is 6.26 Å². The van der Waals surface area contributed by atoms with Crippen molar-refractivity contribution in [3.8, 4) is 0 Å². The van der Waals surface area contributed by atoms with Gasteiger partial charge in [0.1, 0.15) is 0 Å². The fraction of sp³-hybridized carbons (Fsp3) is 0.462. The van der Waals surface area contributed by atoms with Gasteiger partial charge in [0.2, 0.25) is 5.78 Å². The molecule has 1 aromatic heterocycles. The van der Waals surface area contributed by atoms with Crippen LogP contribution in [0, 0.1) is 0 Å². The van der Waals surface area contributed by atoms with Crippen LogP contribution < -0.4 is 0 Å². The summed E-state index contributed by atoms with van der Waals surface area (Å²) in [6, 6.07) is 3.26. The Morgan fingerprint density at radius 2 is 2.00 bits per heavy atom. The molecule has 1 rings (SSSR count). The third-order valence-corrected chi connectivity index (χ3v) is 1.91. The number of furan rings is 1. The van der Waals surface area contributed by atoms with E-state index in [2.05, 4.69) is 20.4 Å². The lowest BCUT2D eigenvalue weighted by molar-refractivity contribution is 0.102. The highest BCUT2D eigenvalue weighted by Crippen LogP contribution is 2.00. The van der Waals surface area contributed by atoms with Crippen molar-refractivity contribution in [3.63, 3.8) is 0 Å². The highest BCUT2D eigenvalue weighted by Gasteiger charge is 2.00. The van der Waals surface area contributed by atoms with Gasteiger partial charge in [-0.25, -0.2) is 0 Å². The summed E-state index contributed by atoms with van der Waals surface area (Å²) in [6.07, 6.45) is 8.21. The molecule has 0 spiro atoms. The first-order valence-electron chi connectivity index (χ1n) is 5.46. The van der Waals surface area contributed by atoms with E-state index in [1.807, 2.05) is 0 Å². The zero-order valence-corrected chi connectivity index (χ0v) is 9.66. The Morgan fingerprint density at radius 1 is 1.40 bits per heavy atom. The summed E-state index contributed by atoms with van der Waals surface area (Å²) in [4.78, 5) is 10.7. The van der Waals surface area contributed by atoms with Gasteiger partial charge in [-0.1, -0.05) is 46.1 Å². The first kappa shape index (κ1) is 13.7. The normalized spacial score (nSPS) is 8.93. The summed E-state index contributed by atoms with van der Waals surface area (Å²) in [5.41, 5.74) is 0. The first-order valence-corrected chi connectivity index (χ1v) is 5.46. The van der Waals surface area contributed by atoms with E-state index in [0.717, 1.165) is 0 Å². The van der Waals surface area contributed by atoms with Crippen molar-refractivity contribution in [2.45, 2.75) is 39.5 Å². The Bertz CT molecular complexity index is 256. The second-order valence-electron chi connectivity index (χ2n) is 3.25. The molecule has 15 heavy (non-hydrogen) atoms. The Labute approximate surface area is 92.0 Å². The topological polar surface area (TPSA) is 30.2 Å². The number of carbonyl (C=O) groups excluding carboxylic acids is 1. The van der Waals surface area contributed by atoms with Crippen molar-refractivity contribution in [2.75, 3.05) is 0 Å². The number of hydrogen-bond acceptors (Lipinski definition) is 2. The maximum absolute atomic E-state index is 10.7. The van der Waals surface area contributed by atoms with Gasteiger partial charge in [-0.2, -0.15) is 0 Å². The molecule has 0 bridgehead atoms. The second kappa shape index (κ2) is 9.25. The minimum absolute atomic E-state index is 0.181. The number of carbonyl (C=O) groups is 1. The summed E-state index contributed by atoms with van der Waals surface area (Å²) >= 11 is 0. The SMILES string of the molecule is C=CC(=O)c1ccco1.CCCCCC. The molecule has 0 aliphatic carbocycles. The standard InChI is InChI=1S/C7H6O2.C6H14/c1-2-6(8)7-4-3-5-9-7;1-3-5-6-4-2/h2-5H,1H2;3-6H2,1-2H3. The molecule has 0 saturated carbocycles. The molecule has 0 amide bonds. The van der Waals surface area contributed by atoms with E-state index in [-0.39, 0.29) is 5.78 Å². The molecule has 0 radical (unpaired) electrons. The van der Waals surface area contributed by atoms with Crippen molar-refractivity contribution < 1.29 is 9.21 Å². The van der Waals surface area contributed by atoms with E-state index in [0.29, 0.717) is 5.76 Å². The summed E-state index contributed by atoms with van der Waals surface area (Å²) in [5, 5.41) is 0. The average Bonchev–Trinajstić information content (AvgIpc) is 2.79. The number of allylic oxidation sites excluding steroid dienone is 1. The molecule has 0 saturated heterocycles. The molecule has 0 aromatic carbocycles. The summed E-state index contributed by atoms with van der Waals surface area (Å²) in [5.74, 6) is 0.157. The first-order chi connectivity index (χ1) is 7.26. The van der Waals surface area contributed by atoms with Gasteiger partial charge < -0.3 is 4.42 Å². The summed E-state index contributed by atoms with van der Waals surface area (Å²) in [6.45, 7) is 7.77. The van der Waals surface area contributed by atoms with Crippen LogP contribution in [0.3, 0.4) is 0 Å². The molecule has 0 aliphatic rings. The van der Waals surface area contributed by atoms with Gasteiger partial charge in [-0.3, -0.25) is 4.79 Å². The summed E-state index contributed by atoms with van der Waals surface area (Å²) < 4.78 is 4.77. The maximum atomic E-state index is 10.7. The molecule has 0 aliphatic heterocycles. The van der Waals surface area contributed by atoms with Gasteiger partial charge >= 0.3 is 0 Å². The van der Waals surface area contributed by atoms with E-state index < -0.39 is 0 Å². The molecule has 84 valence electrons. The van der Waals surface area contributed by atoms with Crippen LogP contribution >= 0.6 is 0 Å². The maximum Gasteiger partial charge on any atom is 0.220 e. The van der Waals surface area contributed by atoms with Crippen molar-refractivity contribution in [3.05, 3.63) is 36.8 Å². The predicted octanol–water partition coefficient (Wildman–Crippen LogP) is 4.23. The third-order valence-electron chi connectivity index (χ3n) is 1.91. The van der Waals surface area contributed by atoms with Crippen molar-refractivity contribution in [1.29, 1.82) is 0 Å². The fourth-order valence-electron chi connectivity index (χ4n) is 1.02. The molecule has 1 heterocycles. The fourth-order valence-corrected chi connectivity index (χ4v) is 1.02. The molecule has 0 N–H and O–H groups in total. The van der Waals surface area contributed by atoms with E-state index in [1.165, 1.54) is 38.0 Å². The Balaban J connectivity index is 0.000000288. The molecular formula is C13H20O2. The molecule has 0 fully saturated rings. The minimum Gasteiger partial charge on any atom is -0.461 e. The lowest BCUT2D eigenvalue weighted by Crippen LogP contribution is -1.88. The van der Waals surface area contributed by atoms with Crippen LogP contribution in [0.1, 0.15) is 50.1 Å². The highest BCUT2D eigenvalue weighted by atomic mass is 16.3. The van der Waals surface area contributed by atoms with Crippen LogP contribution in [0.25, 0.3) is 0 Å². The van der Waals surface area contributed by atoms with Crippen LogP contribution in [0.15, 0.2) is 35.5 Å². The van der Waals surface area contributed by atoms with E-state index >= 15 is 0 Å². The van der Waals surface area contributed by atoms with E-state index in [9.17, 15) is 4.79 Å². The quantitative estimate of drug-likeness (QED) is 0.411. The third kappa shape index (κ3) is 6.72. The highest BCUT2D eigenvalue weighted by molar-refractivity contribution is 6.01. The van der Waals surface area contributed by atoms with Crippen LogP contribution in [0.4, 0.5) is 0 Å². The number of rotatable bonds is 5. The van der Waals surface area contributed by atoms with Gasteiger partial charge in [0, 0.05) is 0 Å². The van der Waals surface area contributed by atoms with Crippen LogP contribution in [0.2, 0.25) is 0 Å². The van der Waals surface area contributed by atoms with E-state index in [1.54, 1.807) is 12.1 Å². The smallest absolute Gasteiger partial charge is 0.220 e. The van der Waals surface area contributed by atoms with Crippen molar-refractivity contribution >= 4 is 5.78 Å². The van der Waals surface area contributed by atoms with Crippen LogP contribution in [-0.2, 0) is 0 Å². The lowest BCUT2D eigenvalue weighted by Gasteiger charge is -1.86. The van der Waals surface area contributed by atoms with Crippen LogP contribution in [-0.4, -0.2) is 5.78 Å². The zero-order valence-electron chi connectivity index (χ0n) is 9.66. The van der Waals surface area contributed by atoms with Gasteiger partial charge in [-0.05, 0) is 18.2 Å². The molecule has 2 heteroatoms. The van der Waals surface area contributed by atoms with Crippen molar-refractivity contribution in [1.82, 2.24) is 0 Å². The Hall–Kier alpha value is -1.31. The second-order valence-corrected chi connectivity index (χ2v) is 3.25. The van der Waals surface area contributed by atoms with E-state index in [4.69, 9.17) is 4.42 Å². The molecular weight excluding hydrogens is 188 g/mol. The lowest BCUT2D eigenvalue weighted by atomic mass is 10.2. The van der Waals surface area contributed by atoms with Crippen molar-refractivity contribution in [2.24, 2.45) is 0 Å². The number of unbranched alkanes of at least 4 members (excludes halogenated alkanes) is 3. The molecule has 1 aromatic rings. The van der Waals surface area contributed by atoms with Gasteiger partial charge in [-0.15, -0.1) is 0 Å².